The summed E-state index contributed by atoms with van der Waals surface area (Å²) < 4.78 is 7.05. The van der Waals surface area contributed by atoms with Crippen LogP contribution in [0.25, 0.3) is 0 Å². The first-order valence-electron chi connectivity index (χ1n) is 5.80. The summed E-state index contributed by atoms with van der Waals surface area (Å²) in [6.45, 7) is 2.83. The van der Waals surface area contributed by atoms with E-state index < -0.39 is 0 Å². The van der Waals surface area contributed by atoms with E-state index in [1.165, 1.54) is 0 Å². The van der Waals surface area contributed by atoms with Crippen LogP contribution in [0.2, 0.25) is 0 Å². The van der Waals surface area contributed by atoms with Crippen LogP contribution in [-0.2, 0) is 19.9 Å². The Morgan fingerprint density at radius 2 is 2.35 bits per heavy atom. The second kappa shape index (κ2) is 4.95. The summed E-state index contributed by atoms with van der Waals surface area (Å²) in [7, 11) is 1.89. The summed E-state index contributed by atoms with van der Waals surface area (Å²) in [6.07, 6.45) is 3.36. The highest BCUT2D eigenvalue weighted by molar-refractivity contribution is 5.64. The number of rotatable bonds is 5. The molecule has 0 aliphatic heterocycles. The van der Waals surface area contributed by atoms with Gasteiger partial charge in [0.1, 0.15) is 11.6 Å². The normalized spacial score (nSPS) is 10.7. The lowest BCUT2D eigenvalue weighted by molar-refractivity contribution is 0.512. The molecule has 2 aromatic heterocycles. The minimum absolute atomic E-state index is 0.745. The quantitative estimate of drug-likeness (QED) is 0.828. The van der Waals surface area contributed by atoms with E-state index in [9.17, 15) is 0 Å². The van der Waals surface area contributed by atoms with Gasteiger partial charge in [-0.3, -0.25) is 4.68 Å². The van der Waals surface area contributed by atoms with Crippen molar-refractivity contribution in [1.29, 1.82) is 0 Å². The Bertz CT molecular complexity index is 473. The first-order valence-corrected chi connectivity index (χ1v) is 5.80. The van der Waals surface area contributed by atoms with Crippen molar-refractivity contribution in [3.8, 4) is 0 Å². The molecule has 5 nitrogen and oxygen atoms in total. The molecule has 0 bridgehead atoms. The molecule has 0 spiro atoms. The van der Waals surface area contributed by atoms with Crippen LogP contribution in [0.4, 0.5) is 11.5 Å². The Balaban J connectivity index is 1.97. The van der Waals surface area contributed by atoms with Crippen molar-refractivity contribution in [2.45, 2.75) is 19.8 Å². The maximum atomic E-state index is 6.00. The third kappa shape index (κ3) is 2.43. The SMILES string of the molecule is CCc1nn(C)c(NCCc2ccco2)c1N. The van der Waals surface area contributed by atoms with Crippen molar-refractivity contribution in [1.82, 2.24) is 9.78 Å². The zero-order valence-corrected chi connectivity index (χ0v) is 10.2. The summed E-state index contributed by atoms with van der Waals surface area (Å²) in [4.78, 5) is 0. The summed E-state index contributed by atoms with van der Waals surface area (Å²) >= 11 is 0. The van der Waals surface area contributed by atoms with Gasteiger partial charge in [-0.1, -0.05) is 6.92 Å². The minimum Gasteiger partial charge on any atom is -0.469 e. The number of aromatic nitrogens is 2. The van der Waals surface area contributed by atoms with Crippen molar-refractivity contribution in [3.63, 3.8) is 0 Å². The summed E-state index contributed by atoms with van der Waals surface area (Å²) in [5.41, 5.74) is 7.69. The highest BCUT2D eigenvalue weighted by atomic mass is 16.3. The van der Waals surface area contributed by atoms with Gasteiger partial charge in [0.25, 0.3) is 0 Å². The molecule has 0 aliphatic carbocycles. The fourth-order valence-electron chi connectivity index (χ4n) is 1.83. The zero-order chi connectivity index (χ0) is 12.3. The van der Waals surface area contributed by atoms with Gasteiger partial charge in [-0.25, -0.2) is 0 Å². The van der Waals surface area contributed by atoms with E-state index >= 15 is 0 Å². The predicted molar refractivity (Wildman–Crippen MR) is 67.9 cm³/mol. The van der Waals surface area contributed by atoms with E-state index in [0.717, 1.165) is 42.3 Å². The molecule has 0 saturated carbocycles. The molecule has 0 amide bonds. The van der Waals surface area contributed by atoms with Crippen molar-refractivity contribution < 1.29 is 4.42 Å². The maximum absolute atomic E-state index is 6.00. The second-order valence-electron chi connectivity index (χ2n) is 3.94. The Hall–Kier alpha value is -1.91. The van der Waals surface area contributed by atoms with Gasteiger partial charge in [-0.2, -0.15) is 5.10 Å². The molecule has 2 aromatic rings. The largest absolute Gasteiger partial charge is 0.469 e. The minimum atomic E-state index is 0.745. The number of nitrogen functional groups attached to an aromatic ring is 1. The van der Waals surface area contributed by atoms with Gasteiger partial charge >= 0.3 is 0 Å². The molecule has 17 heavy (non-hydrogen) atoms. The highest BCUT2D eigenvalue weighted by Gasteiger charge is 2.11. The number of hydrogen-bond donors (Lipinski definition) is 2. The fourth-order valence-corrected chi connectivity index (χ4v) is 1.83. The number of furan rings is 1. The number of aryl methyl sites for hydroxylation is 2. The van der Waals surface area contributed by atoms with Crippen molar-refractivity contribution in [2.75, 3.05) is 17.6 Å². The molecule has 0 atom stereocenters. The van der Waals surface area contributed by atoms with Crippen molar-refractivity contribution in [2.24, 2.45) is 7.05 Å². The average molecular weight is 234 g/mol. The van der Waals surface area contributed by atoms with Gasteiger partial charge in [0.15, 0.2) is 0 Å². The zero-order valence-electron chi connectivity index (χ0n) is 10.2. The van der Waals surface area contributed by atoms with Crippen molar-refractivity contribution in [3.05, 3.63) is 29.9 Å². The third-order valence-electron chi connectivity index (χ3n) is 2.74. The molecule has 2 heterocycles. The summed E-state index contributed by atoms with van der Waals surface area (Å²) in [5.74, 6) is 1.85. The van der Waals surface area contributed by atoms with E-state index in [4.69, 9.17) is 10.2 Å². The predicted octanol–water partition coefficient (Wildman–Crippen LogP) is 1.81. The number of anilines is 2. The van der Waals surface area contributed by atoms with Crippen LogP contribution in [0.5, 0.6) is 0 Å². The van der Waals surface area contributed by atoms with Crippen LogP contribution in [0.3, 0.4) is 0 Å². The van der Waals surface area contributed by atoms with E-state index in [1.54, 1.807) is 10.9 Å². The highest BCUT2D eigenvalue weighted by Crippen LogP contribution is 2.22. The lowest BCUT2D eigenvalue weighted by Crippen LogP contribution is -2.09. The number of nitrogens with one attached hydrogen (secondary N) is 1. The van der Waals surface area contributed by atoms with Crippen molar-refractivity contribution >= 4 is 11.5 Å². The van der Waals surface area contributed by atoms with Crippen LogP contribution in [0.15, 0.2) is 22.8 Å². The molecule has 0 aliphatic rings. The fraction of sp³-hybridized carbons (Fsp3) is 0.417. The first kappa shape index (κ1) is 11.6. The van der Waals surface area contributed by atoms with Crippen LogP contribution in [0.1, 0.15) is 18.4 Å². The van der Waals surface area contributed by atoms with E-state index in [0.29, 0.717) is 0 Å². The number of nitrogens with two attached hydrogens (primary N) is 1. The summed E-state index contributed by atoms with van der Waals surface area (Å²) in [5, 5.41) is 7.64. The Labute approximate surface area is 101 Å². The topological polar surface area (TPSA) is 69.0 Å². The van der Waals surface area contributed by atoms with Gasteiger partial charge in [-0.05, 0) is 18.6 Å². The number of hydrogen-bond acceptors (Lipinski definition) is 4. The molecular weight excluding hydrogens is 216 g/mol. The lowest BCUT2D eigenvalue weighted by atomic mass is 10.3. The molecule has 3 N–H and O–H groups in total. The van der Waals surface area contributed by atoms with Crippen LogP contribution >= 0.6 is 0 Å². The van der Waals surface area contributed by atoms with Crippen LogP contribution < -0.4 is 11.1 Å². The molecule has 0 fully saturated rings. The summed E-state index contributed by atoms with van der Waals surface area (Å²) in [6, 6.07) is 3.86. The van der Waals surface area contributed by atoms with Crippen LogP contribution in [0, 0.1) is 0 Å². The van der Waals surface area contributed by atoms with E-state index in [-0.39, 0.29) is 0 Å². The molecule has 0 radical (unpaired) electrons. The maximum Gasteiger partial charge on any atom is 0.147 e. The van der Waals surface area contributed by atoms with Crippen LogP contribution in [-0.4, -0.2) is 16.3 Å². The third-order valence-corrected chi connectivity index (χ3v) is 2.74. The van der Waals surface area contributed by atoms with Gasteiger partial charge in [0.2, 0.25) is 0 Å². The smallest absolute Gasteiger partial charge is 0.147 e. The molecule has 5 heteroatoms. The first-order chi connectivity index (χ1) is 8.22. The molecule has 2 rings (SSSR count). The molecule has 92 valence electrons. The van der Waals surface area contributed by atoms with Gasteiger partial charge in [-0.15, -0.1) is 0 Å². The molecular formula is C12H18N4O. The Morgan fingerprint density at radius 3 is 2.94 bits per heavy atom. The number of nitrogens with zero attached hydrogens (tertiary/aromatic N) is 2. The lowest BCUT2D eigenvalue weighted by Gasteiger charge is -2.06. The second-order valence-corrected chi connectivity index (χ2v) is 3.94. The Morgan fingerprint density at radius 1 is 1.53 bits per heavy atom. The molecule has 0 aromatic carbocycles. The molecule has 0 saturated heterocycles. The Kier molecular flexibility index (Phi) is 3.37. The van der Waals surface area contributed by atoms with E-state index in [1.807, 2.05) is 26.1 Å². The monoisotopic (exact) mass is 234 g/mol. The average Bonchev–Trinajstić information content (AvgIpc) is 2.91. The van der Waals surface area contributed by atoms with Gasteiger partial charge in [0.05, 0.1) is 17.6 Å². The van der Waals surface area contributed by atoms with Gasteiger partial charge < -0.3 is 15.5 Å². The standard InChI is InChI=1S/C12H18N4O/c1-3-10-11(13)12(16(2)15-10)14-7-6-9-5-4-8-17-9/h4-5,8,14H,3,6-7,13H2,1-2H3. The van der Waals surface area contributed by atoms with E-state index in [2.05, 4.69) is 10.4 Å². The van der Waals surface area contributed by atoms with Gasteiger partial charge in [0, 0.05) is 20.0 Å². The molecule has 0 unspecified atom stereocenters.